The number of Topliss-reactive ketones (excluding diaryl/α,β-unsaturated/α-hetero) is 1. The lowest BCUT2D eigenvalue weighted by atomic mass is 9.94. The van der Waals surface area contributed by atoms with Crippen molar-refractivity contribution >= 4 is 48.1 Å². The second kappa shape index (κ2) is 17.9. The van der Waals surface area contributed by atoms with Gasteiger partial charge >= 0.3 is 0 Å². The molecule has 2 heterocycles. The zero-order valence-electron chi connectivity index (χ0n) is 33.2. The Morgan fingerprint density at radius 1 is 0.855 bits per heavy atom. The molecule has 0 aliphatic carbocycles. The van der Waals surface area contributed by atoms with Gasteiger partial charge in [-0.05, 0) is 66.9 Å². The van der Waals surface area contributed by atoms with Crippen molar-refractivity contribution in [1.82, 2.24) is 20.9 Å². The van der Waals surface area contributed by atoms with E-state index in [1.165, 1.54) is 4.90 Å². The van der Waals surface area contributed by atoms with Crippen LogP contribution in [0.2, 0.25) is 5.04 Å². The molecule has 5 atom stereocenters. The van der Waals surface area contributed by atoms with Gasteiger partial charge in [0.15, 0.2) is 5.78 Å². The summed E-state index contributed by atoms with van der Waals surface area (Å²) in [5, 5.41) is 10.7. The molecule has 0 radical (unpaired) electrons. The Labute approximate surface area is 327 Å². The summed E-state index contributed by atoms with van der Waals surface area (Å²) in [5.74, 6) is -1.64. The summed E-state index contributed by atoms with van der Waals surface area (Å²) in [4.78, 5) is 70.7. The van der Waals surface area contributed by atoms with Crippen LogP contribution < -0.4 is 26.3 Å². The molecule has 0 unspecified atom stereocenters. The maximum absolute atomic E-state index is 14.0. The predicted molar refractivity (Wildman–Crippen MR) is 217 cm³/mol. The number of ketones is 1. The van der Waals surface area contributed by atoms with Crippen molar-refractivity contribution in [2.75, 3.05) is 6.54 Å². The van der Waals surface area contributed by atoms with Crippen molar-refractivity contribution in [3.8, 4) is 0 Å². The number of carbonyl (C=O) groups is 5. The number of hydrogen-bond acceptors (Lipinski definition) is 6. The van der Waals surface area contributed by atoms with Gasteiger partial charge in [-0.3, -0.25) is 24.0 Å². The van der Waals surface area contributed by atoms with E-state index in [9.17, 15) is 24.0 Å². The number of carbonyl (C=O) groups excluding carboxylic acids is 5. The molecule has 0 spiro atoms. The van der Waals surface area contributed by atoms with E-state index < -0.39 is 49.9 Å². The van der Waals surface area contributed by atoms with Crippen molar-refractivity contribution < 1.29 is 28.4 Å². The monoisotopic (exact) mass is 766 g/mol. The molecule has 2 fully saturated rings. The molecule has 10 nitrogen and oxygen atoms in total. The number of benzene rings is 3. The van der Waals surface area contributed by atoms with Crippen molar-refractivity contribution in [2.45, 2.75) is 128 Å². The third-order valence-electron chi connectivity index (χ3n) is 11.4. The Bertz CT molecular complexity index is 1760. The fraction of sp³-hybridized carbons (Fsp3) is 0.477. The lowest BCUT2D eigenvalue weighted by Crippen LogP contribution is -2.68. The number of nitrogens with zero attached hydrogens (tertiary/aromatic N) is 1. The Kier molecular flexibility index (Phi) is 13.5. The van der Waals surface area contributed by atoms with Gasteiger partial charge in [-0.2, -0.15) is 0 Å². The Morgan fingerprint density at radius 3 is 2.00 bits per heavy atom. The van der Waals surface area contributed by atoms with Crippen LogP contribution in [0.3, 0.4) is 0 Å². The average molecular weight is 767 g/mol. The number of rotatable bonds is 13. The van der Waals surface area contributed by atoms with E-state index in [2.05, 4.69) is 61.0 Å². The smallest absolute Gasteiger partial charge is 0.262 e. The normalized spacial score (nSPS) is 23.1. The van der Waals surface area contributed by atoms with Crippen LogP contribution in [0.5, 0.6) is 0 Å². The van der Waals surface area contributed by atoms with Crippen LogP contribution in [0.4, 0.5) is 0 Å². The largest absolute Gasteiger partial charge is 0.398 e. The third kappa shape index (κ3) is 9.27. The van der Waals surface area contributed by atoms with E-state index in [-0.39, 0.29) is 29.1 Å². The number of fused-ring (bicyclic) bond motifs is 1. The molecule has 2 aliphatic rings. The number of amides is 4. The van der Waals surface area contributed by atoms with Gasteiger partial charge in [-0.15, -0.1) is 0 Å². The van der Waals surface area contributed by atoms with Gasteiger partial charge in [0.25, 0.3) is 8.32 Å². The zero-order chi connectivity index (χ0) is 39.8. The van der Waals surface area contributed by atoms with Crippen LogP contribution >= 0.6 is 0 Å². The molecular weight excluding hydrogens is 709 g/mol. The minimum Gasteiger partial charge on any atom is -0.398 e. The molecule has 55 heavy (non-hydrogen) atoms. The molecule has 2 saturated heterocycles. The first kappa shape index (κ1) is 41.5. The first-order valence-electron chi connectivity index (χ1n) is 19.8. The maximum Gasteiger partial charge on any atom is 0.262 e. The van der Waals surface area contributed by atoms with Crippen molar-refractivity contribution in [3.05, 3.63) is 96.6 Å². The maximum atomic E-state index is 14.0. The van der Waals surface area contributed by atoms with E-state index in [1.54, 1.807) is 38.1 Å². The minimum atomic E-state index is -2.90. The molecule has 2 aliphatic heterocycles. The molecule has 4 amide bonds. The quantitative estimate of drug-likeness (QED) is 0.164. The van der Waals surface area contributed by atoms with Crippen molar-refractivity contribution in [3.63, 3.8) is 0 Å². The highest BCUT2D eigenvalue weighted by Gasteiger charge is 2.51. The fourth-order valence-electron chi connectivity index (χ4n) is 7.94. The minimum absolute atomic E-state index is 0.0227. The van der Waals surface area contributed by atoms with Gasteiger partial charge in [0, 0.05) is 13.0 Å². The Morgan fingerprint density at radius 2 is 1.44 bits per heavy atom. The van der Waals surface area contributed by atoms with Crippen molar-refractivity contribution in [2.24, 2.45) is 0 Å². The summed E-state index contributed by atoms with van der Waals surface area (Å²) in [7, 11) is -2.90. The number of unbranched alkanes of at least 4 members (excludes halogenated alkanes) is 2. The van der Waals surface area contributed by atoms with Gasteiger partial charge in [-0.1, -0.05) is 132 Å². The summed E-state index contributed by atoms with van der Waals surface area (Å²) in [6.45, 7) is 12.2. The molecule has 3 N–H and O–H groups in total. The highest BCUT2D eigenvalue weighted by atomic mass is 28.4. The molecule has 294 valence electrons. The Balaban J connectivity index is 1.26. The molecular formula is C44H58N4O6Si. The van der Waals surface area contributed by atoms with Crippen LogP contribution in [0.15, 0.2) is 91.0 Å². The second-order valence-corrected chi connectivity index (χ2v) is 20.5. The van der Waals surface area contributed by atoms with Gasteiger partial charge in [0.2, 0.25) is 23.6 Å². The highest BCUT2D eigenvalue weighted by Crippen LogP contribution is 2.38. The molecule has 0 aromatic heterocycles. The highest BCUT2D eigenvalue weighted by molar-refractivity contribution is 6.99. The molecule has 5 rings (SSSR count). The van der Waals surface area contributed by atoms with E-state index in [0.717, 1.165) is 10.4 Å². The van der Waals surface area contributed by atoms with Crippen LogP contribution in [0.25, 0.3) is 0 Å². The third-order valence-corrected chi connectivity index (χ3v) is 16.5. The fourth-order valence-corrected chi connectivity index (χ4v) is 12.6. The first-order chi connectivity index (χ1) is 26.2. The molecule has 0 saturated carbocycles. The molecule has 0 bridgehead atoms. The predicted octanol–water partition coefficient (Wildman–Crippen LogP) is 5.10. The van der Waals surface area contributed by atoms with Crippen molar-refractivity contribution in [1.29, 1.82) is 0 Å². The summed E-state index contributed by atoms with van der Waals surface area (Å²) in [6, 6.07) is 26.8. The van der Waals surface area contributed by atoms with Gasteiger partial charge in [0.1, 0.15) is 29.8 Å². The zero-order valence-corrected chi connectivity index (χ0v) is 34.2. The summed E-state index contributed by atoms with van der Waals surface area (Å²) >= 11 is 0. The van der Waals surface area contributed by atoms with Crippen LogP contribution in [-0.2, 0) is 28.4 Å². The van der Waals surface area contributed by atoms with E-state index in [4.69, 9.17) is 4.43 Å². The van der Waals surface area contributed by atoms with Crippen LogP contribution in [0, 0.1) is 0 Å². The number of hydrogen-bond donors (Lipinski definition) is 3. The first-order valence-corrected chi connectivity index (χ1v) is 21.7. The molecule has 3 aromatic carbocycles. The molecule has 3 aromatic rings. The topological polar surface area (TPSA) is 134 Å². The van der Waals surface area contributed by atoms with E-state index in [0.29, 0.717) is 57.1 Å². The van der Waals surface area contributed by atoms with E-state index in [1.807, 2.05) is 49.4 Å². The molecule has 11 heteroatoms. The summed E-state index contributed by atoms with van der Waals surface area (Å²) < 4.78 is 7.02. The SMILES string of the molecule is CC[C@]1(C)NC(=O)[C@H](CCCCCC(=O)[C@@H](C)O[Si](c2ccccc2)(c2ccccc2)C(C)(C)C)NC(=O)[C@H]2CCCN2C(=O)[C@H](c2ccccc2)NC1=O. The lowest BCUT2D eigenvalue weighted by molar-refractivity contribution is -0.145. The standard InChI is InChI=1S/C44H58N4O6Si/c1-7-44(6)42(53)46-38(32-21-12-8-13-22-32)41(52)48-30-20-28-36(48)40(51)45-35(39(50)47-44)27-18-11-19-29-37(49)31(2)54-55(43(3,4)5,33-23-14-9-15-24-33)34-25-16-10-17-26-34/h8-10,12-17,21-26,31,35-36,38H,7,11,18-20,27-30H2,1-6H3,(H,45,51)(H,46,53)(H,47,50)/t31-,35+,36-,38+,44+/m1/s1. The second-order valence-electron chi connectivity index (χ2n) is 16.2. The van der Waals surface area contributed by atoms with Gasteiger partial charge in [-0.25, -0.2) is 0 Å². The van der Waals surface area contributed by atoms with E-state index >= 15 is 0 Å². The van der Waals surface area contributed by atoms with Gasteiger partial charge in [0.05, 0.1) is 0 Å². The Hall–Kier alpha value is -4.61. The summed E-state index contributed by atoms with van der Waals surface area (Å²) in [5.41, 5.74) is -0.723. The average Bonchev–Trinajstić information content (AvgIpc) is 3.68. The van der Waals surface area contributed by atoms with Crippen LogP contribution in [-0.4, -0.2) is 72.9 Å². The van der Waals surface area contributed by atoms with Gasteiger partial charge < -0.3 is 25.3 Å². The van der Waals surface area contributed by atoms with Crippen LogP contribution in [0.1, 0.15) is 105 Å². The number of nitrogens with one attached hydrogen (secondary N) is 3. The lowest BCUT2D eigenvalue weighted by Gasteiger charge is -2.44. The summed E-state index contributed by atoms with van der Waals surface area (Å²) in [6.07, 6.45) is 3.18.